The van der Waals surface area contributed by atoms with Crippen molar-refractivity contribution in [2.24, 2.45) is 5.73 Å². The molecule has 0 spiro atoms. The SMILES string of the molecule is CC(C)N(C)C(CN)c1cc(Cl)cc(Cl)c1. The molecular formula is C12H18Cl2N2. The van der Waals surface area contributed by atoms with Gasteiger partial charge in [0.05, 0.1) is 0 Å². The fourth-order valence-electron chi connectivity index (χ4n) is 1.66. The largest absolute Gasteiger partial charge is 0.329 e. The van der Waals surface area contributed by atoms with Gasteiger partial charge in [0.25, 0.3) is 0 Å². The lowest BCUT2D eigenvalue weighted by Gasteiger charge is -2.31. The summed E-state index contributed by atoms with van der Waals surface area (Å²) in [6.07, 6.45) is 0. The van der Waals surface area contributed by atoms with Crippen LogP contribution in [0.1, 0.15) is 25.5 Å². The molecule has 2 nitrogen and oxygen atoms in total. The van der Waals surface area contributed by atoms with Crippen molar-refractivity contribution in [3.8, 4) is 0 Å². The molecule has 0 aliphatic carbocycles. The predicted molar refractivity (Wildman–Crippen MR) is 71.2 cm³/mol. The van der Waals surface area contributed by atoms with Crippen molar-refractivity contribution in [1.29, 1.82) is 0 Å². The molecule has 0 aromatic heterocycles. The van der Waals surface area contributed by atoms with Crippen LogP contribution in [0.25, 0.3) is 0 Å². The van der Waals surface area contributed by atoms with E-state index >= 15 is 0 Å². The highest BCUT2D eigenvalue weighted by Crippen LogP contribution is 2.26. The fraction of sp³-hybridized carbons (Fsp3) is 0.500. The summed E-state index contributed by atoms with van der Waals surface area (Å²) in [5, 5.41) is 1.30. The molecule has 90 valence electrons. The van der Waals surface area contributed by atoms with Gasteiger partial charge in [0.1, 0.15) is 0 Å². The van der Waals surface area contributed by atoms with Crippen molar-refractivity contribution in [2.75, 3.05) is 13.6 Å². The number of benzene rings is 1. The number of hydrogen-bond donors (Lipinski definition) is 1. The van der Waals surface area contributed by atoms with Crippen molar-refractivity contribution in [3.05, 3.63) is 33.8 Å². The second kappa shape index (κ2) is 5.87. The van der Waals surface area contributed by atoms with Gasteiger partial charge < -0.3 is 5.73 Å². The Balaban J connectivity index is 3.03. The molecule has 4 heteroatoms. The lowest BCUT2D eigenvalue weighted by Crippen LogP contribution is -2.35. The first kappa shape index (κ1) is 13.8. The van der Waals surface area contributed by atoms with Crippen LogP contribution in [0.5, 0.6) is 0 Å². The summed E-state index contributed by atoms with van der Waals surface area (Å²) >= 11 is 12.0. The summed E-state index contributed by atoms with van der Waals surface area (Å²) < 4.78 is 0. The molecule has 1 aromatic carbocycles. The zero-order chi connectivity index (χ0) is 12.3. The third-order valence-electron chi connectivity index (χ3n) is 2.80. The highest BCUT2D eigenvalue weighted by atomic mass is 35.5. The summed E-state index contributed by atoms with van der Waals surface area (Å²) in [6.45, 7) is 4.81. The summed E-state index contributed by atoms with van der Waals surface area (Å²) in [6, 6.07) is 6.14. The molecule has 1 atom stereocenters. The number of halogens is 2. The number of nitrogens with zero attached hydrogens (tertiary/aromatic N) is 1. The molecular weight excluding hydrogens is 243 g/mol. The summed E-state index contributed by atoms with van der Waals surface area (Å²) in [5.41, 5.74) is 6.88. The van der Waals surface area contributed by atoms with Gasteiger partial charge >= 0.3 is 0 Å². The summed E-state index contributed by atoms with van der Waals surface area (Å²) in [7, 11) is 2.05. The molecule has 16 heavy (non-hydrogen) atoms. The maximum absolute atomic E-state index is 5.99. The molecule has 0 amide bonds. The van der Waals surface area contributed by atoms with E-state index in [1.165, 1.54) is 0 Å². The van der Waals surface area contributed by atoms with E-state index < -0.39 is 0 Å². The number of likely N-dealkylation sites (N-methyl/N-ethyl adjacent to an activating group) is 1. The molecule has 0 aliphatic heterocycles. The Morgan fingerprint density at radius 3 is 2.06 bits per heavy atom. The maximum atomic E-state index is 5.99. The van der Waals surface area contributed by atoms with Gasteiger partial charge in [-0.1, -0.05) is 23.2 Å². The molecule has 1 rings (SSSR count). The first-order valence-corrected chi connectivity index (χ1v) is 6.09. The van der Waals surface area contributed by atoms with Crippen LogP contribution in [0, 0.1) is 0 Å². The first-order valence-electron chi connectivity index (χ1n) is 5.33. The second-order valence-corrected chi connectivity index (χ2v) is 5.09. The van der Waals surface area contributed by atoms with Gasteiger partial charge in [0.15, 0.2) is 0 Å². The van der Waals surface area contributed by atoms with E-state index in [4.69, 9.17) is 28.9 Å². The fourth-order valence-corrected chi connectivity index (χ4v) is 2.21. The van der Waals surface area contributed by atoms with Crippen LogP contribution in [-0.4, -0.2) is 24.5 Å². The third-order valence-corrected chi connectivity index (χ3v) is 3.24. The summed E-state index contributed by atoms with van der Waals surface area (Å²) in [5.74, 6) is 0. The van der Waals surface area contributed by atoms with Crippen LogP contribution in [0.3, 0.4) is 0 Å². The van der Waals surface area contributed by atoms with Gasteiger partial charge in [0, 0.05) is 28.7 Å². The van der Waals surface area contributed by atoms with E-state index in [0.29, 0.717) is 22.6 Å². The molecule has 0 fully saturated rings. The molecule has 0 saturated carbocycles. The Morgan fingerprint density at radius 2 is 1.69 bits per heavy atom. The molecule has 0 bridgehead atoms. The minimum absolute atomic E-state index is 0.149. The quantitative estimate of drug-likeness (QED) is 0.900. The van der Waals surface area contributed by atoms with Crippen LogP contribution < -0.4 is 5.73 Å². The van der Waals surface area contributed by atoms with Gasteiger partial charge in [-0.2, -0.15) is 0 Å². The number of hydrogen-bond acceptors (Lipinski definition) is 2. The first-order chi connectivity index (χ1) is 7.45. The monoisotopic (exact) mass is 260 g/mol. The number of nitrogens with two attached hydrogens (primary N) is 1. The van der Waals surface area contributed by atoms with E-state index in [1.54, 1.807) is 6.07 Å². The Labute approximate surface area is 107 Å². The van der Waals surface area contributed by atoms with Gasteiger partial charge in [-0.05, 0) is 44.7 Å². The Hall–Kier alpha value is -0.280. The highest BCUT2D eigenvalue weighted by molar-refractivity contribution is 6.34. The van der Waals surface area contributed by atoms with E-state index in [-0.39, 0.29) is 6.04 Å². The maximum Gasteiger partial charge on any atom is 0.0471 e. The molecule has 0 saturated heterocycles. The van der Waals surface area contributed by atoms with Crippen LogP contribution in [0.2, 0.25) is 10.0 Å². The average Bonchev–Trinajstić information content (AvgIpc) is 2.16. The van der Waals surface area contributed by atoms with Gasteiger partial charge in [-0.25, -0.2) is 0 Å². The van der Waals surface area contributed by atoms with Crippen molar-refractivity contribution >= 4 is 23.2 Å². The average molecular weight is 261 g/mol. The zero-order valence-corrected chi connectivity index (χ0v) is 11.4. The van der Waals surface area contributed by atoms with Crippen molar-refractivity contribution in [2.45, 2.75) is 25.9 Å². The second-order valence-electron chi connectivity index (χ2n) is 4.21. The normalized spacial score (nSPS) is 13.5. The van der Waals surface area contributed by atoms with Crippen molar-refractivity contribution in [3.63, 3.8) is 0 Å². The Bertz CT molecular complexity index is 333. The zero-order valence-electron chi connectivity index (χ0n) is 9.87. The molecule has 1 aromatic rings. The Morgan fingerprint density at radius 1 is 1.19 bits per heavy atom. The molecule has 2 N–H and O–H groups in total. The highest BCUT2D eigenvalue weighted by Gasteiger charge is 2.18. The van der Waals surface area contributed by atoms with Gasteiger partial charge in [-0.3, -0.25) is 4.90 Å². The van der Waals surface area contributed by atoms with Crippen molar-refractivity contribution in [1.82, 2.24) is 4.90 Å². The minimum atomic E-state index is 0.149. The number of rotatable bonds is 4. The molecule has 0 heterocycles. The van der Waals surface area contributed by atoms with Crippen LogP contribution in [0.4, 0.5) is 0 Å². The lowest BCUT2D eigenvalue weighted by molar-refractivity contribution is 0.201. The van der Waals surface area contributed by atoms with Crippen LogP contribution in [-0.2, 0) is 0 Å². The lowest BCUT2D eigenvalue weighted by atomic mass is 10.0. The van der Waals surface area contributed by atoms with Crippen molar-refractivity contribution < 1.29 is 0 Å². The molecule has 0 radical (unpaired) electrons. The minimum Gasteiger partial charge on any atom is -0.329 e. The van der Waals surface area contributed by atoms with Crippen LogP contribution in [0.15, 0.2) is 18.2 Å². The van der Waals surface area contributed by atoms with Gasteiger partial charge in [-0.15, -0.1) is 0 Å². The van der Waals surface area contributed by atoms with E-state index in [1.807, 2.05) is 12.1 Å². The van der Waals surface area contributed by atoms with E-state index in [9.17, 15) is 0 Å². The third kappa shape index (κ3) is 3.36. The van der Waals surface area contributed by atoms with Gasteiger partial charge in [0.2, 0.25) is 0 Å². The van der Waals surface area contributed by atoms with Crippen LogP contribution >= 0.6 is 23.2 Å². The van der Waals surface area contributed by atoms with E-state index in [2.05, 4.69) is 25.8 Å². The molecule has 1 unspecified atom stereocenters. The standard InChI is InChI=1S/C12H18Cl2N2/c1-8(2)16(3)12(7-15)9-4-10(13)6-11(14)5-9/h4-6,8,12H,7,15H2,1-3H3. The van der Waals surface area contributed by atoms with E-state index in [0.717, 1.165) is 5.56 Å². The predicted octanol–water partition coefficient (Wildman–Crippen LogP) is 3.33. The smallest absolute Gasteiger partial charge is 0.0471 e. The summed E-state index contributed by atoms with van der Waals surface area (Å²) in [4.78, 5) is 2.21. The topological polar surface area (TPSA) is 29.3 Å². The Kier molecular flexibility index (Phi) is 5.06. The molecule has 0 aliphatic rings.